The minimum Gasteiger partial charge on any atom is -0.487 e. The van der Waals surface area contributed by atoms with Crippen LogP contribution >= 0.6 is 0 Å². The van der Waals surface area contributed by atoms with Crippen molar-refractivity contribution >= 4 is 0 Å². The molecule has 23 heavy (non-hydrogen) atoms. The molecule has 0 bridgehead atoms. The van der Waals surface area contributed by atoms with Crippen LogP contribution in [0.5, 0.6) is 11.5 Å². The normalized spacial score (nSPS) is 12.2. The van der Waals surface area contributed by atoms with E-state index in [0.29, 0.717) is 30.7 Å². The van der Waals surface area contributed by atoms with E-state index >= 15 is 0 Å². The molecule has 0 saturated heterocycles. The van der Waals surface area contributed by atoms with Crippen molar-refractivity contribution in [3.8, 4) is 11.5 Å². The predicted molar refractivity (Wildman–Crippen MR) is 91.9 cm³/mol. The van der Waals surface area contributed by atoms with Gasteiger partial charge in [0.1, 0.15) is 19.3 Å². The quantitative estimate of drug-likeness (QED) is 0.747. The molecule has 2 aromatic rings. The van der Waals surface area contributed by atoms with Gasteiger partial charge in [0.2, 0.25) is 0 Å². The topological polar surface area (TPSA) is 50.7 Å². The van der Waals surface area contributed by atoms with E-state index in [4.69, 9.17) is 9.47 Å². The highest BCUT2D eigenvalue weighted by atomic mass is 16.5. The van der Waals surface area contributed by atoms with E-state index in [1.54, 1.807) is 0 Å². The maximum Gasteiger partial charge on any atom is 0.161 e. The fourth-order valence-electron chi connectivity index (χ4n) is 2.04. The van der Waals surface area contributed by atoms with Gasteiger partial charge in [0, 0.05) is 12.6 Å². The summed E-state index contributed by atoms with van der Waals surface area (Å²) >= 11 is 0. The van der Waals surface area contributed by atoms with Crippen LogP contribution in [0.2, 0.25) is 0 Å². The van der Waals surface area contributed by atoms with Gasteiger partial charge in [-0.25, -0.2) is 0 Å². The highest BCUT2D eigenvalue weighted by Gasteiger charge is 2.09. The molecule has 0 aliphatic carbocycles. The van der Waals surface area contributed by atoms with Gasteiger partial charge in [-0.3, -0.25) is 0 Å². The second kappa shape index (κ2) is 9.18. The van der Waals surface area contributed by atoms with Gasteiger partial charge in [-0.05, 0) is 17.7 Å². The number of para-hydroxylation sites is 2. The van der Waals surface area contributed by atoms with Gasteiger partial charge in [-0.1, -0.05) is 56.3 Å². The van der Waals surface area contributed by atoms with E-state index in [-0.39, 0.29) is 6.61 Å². The smallest absolute Gasteiger partial charge is 0.161 e. The summed E-state index contributed by atoms with van der Waals surface area (Å²) in [5.74, 6) is 1.33. The number of ether oxygens (including phenoxy) is 2. The molecule has 0 aromatic heterocycles. The first kappa shape index (κ1) is 17.3. The lowest BCUT2D eigenvalue weighted by molar-refractivity contribution is 0.102. The number of hydrogen-bond donors (Lipinski definition) is 2. The number of aliphatic hydroxyl groups excluding tert-OH is 1. The van der Waals surface area contributed by atoms with Crippen LogP contribution in [-0.4, -0.2) is 30.4 Å². The largest absolute Gasteiger partial charge is 0.487 e. The molecule has 0 unspecified atom stereocenters. The van der Waals surface area contributed by atoms with Gasteiger partial charge in [0.15, 0.2) is 11.5 Å². The molecule has 0 saturated carbocycles. The summed E-state index contributed by atoms with van der Waals surface area (Å²) in [6, 6.07) is 17.8. The third-order valence-electron chi connectivity index (χ3n) is 3.28. The van der Waals surface area contributed by atoms with Crippen LogP contribution in [-0.2, 0) is 6.61 Å². The van der Waals surface area contributed by atoms with Crippen molar-refractivity contribution < 1.29 is 14.6 Å². The molecule has 0 radical (unpaired) electrons. The zero-order valence-corrected chi connectivity index (χ0v) is 13.7. The Hall–Kier alpha value is -2.04. The van der Waals surface area contributed by atoms with Crippen LogP contribution in [0.3, 0.4) is 0 Å². The van der Waals surface area contributed by atoms with E-state index in [2.05, 4.69) is 5.32 Å². The van der Waals surface area contributed by atoms with E-state index in [9.17, 15) is 5.11 Å². The maximum atomic E-state index is 9.93. The van der Waals surface area contributed by atoms with Crippen LogP contribution in [0.15, 0.2) is 54.6 Å². The van der Waals surface area contributed by atoms with Gasteiger partial charge in [0.25, 0.3) is 0 Å². The van der Waals surface area contributed by atoms with Crippen LogP contribution in [0.4, 0.5) is 0 Å². The Kier molecular flexibility index (Phi) is 6.91. The van der Waals surface area contributed by atoms with Crippen molar-refractivity contribution in [2.75, 3.05) is 13.2 Å². The molecule has 1 atom stereocenters. The number of aliphatic hydroxyl groups is 1. The summed E-state index contributed by atoms with van der Waals surface area (Å²) in [6.07, 6.45) is -0.556. The number of rotatable bonds is 9. The highest BCUT2D eigenvalue weighted by Crippen LogP contribution is 2.27. The van der Waals surface area contributed by atoms with Crippen molar-refractivity contribution in [3.63, 3.8) is 0 Å². The van der Waals surface area contributed by atoms with Crippen LogP contribution in [0.25, 0.3) is 0 Å². The van der Waals surface area contributed by atoms with Crippen molar-refractivity contribution in [3.05, 3.63) is 60.2 Å². The van der Waals surface area contributed by atoms with Crippen molar-refractivity contribution in [2.45, 2.75) is 32.6 Å². The molecule has 0 amide bonds. The summed E-state index contributed by atoms with van der Waals surface area (Å²) in [5.41, 5.74) is 1.10. The molecule has 0 fully saturated rings. The first-order valence-electron chi connectivity index (χ1n) is 7.95. The Bertz CT molecular complexity index is 572. The minimum atomic E-state index is -0.556. The minimum absolute atomic E-state index is 0.228. The maximum absolute atomic E-state index is 9.93. The number of benzene rings is 2. The van der Waals surface area contributed by atoms with E-state index in [1.165, 1.54) is 0 Å². The average molecular weight is 315 g/mol. The van der Waals surface area contributed by atoms with Gasteiger partial charge < -0.3 is 19.9 Å². The lowest BCUT2D eigenvalue weighted by Gasteiger charge is -2.17. The van der Waals surface area contributed by atoms with Crippen LogP contribution in [0, 0.1) is 0 Å². The molecule has 0 aliphatic heterocycles. The molecule has 2 rings (SSSR count). The summed E-state index contributed by atoms with van der Waals surface area (Å²) < 4.78 is 11.5. The van der Waals surface area contributed by atoms with E-state index in [0.717, 1.165) is 5.56 Å². The zero-order valence-electron chi connectivity index (χ0n) is 13.7. The van der Waals surface area contributed by atoms with Crippen molar-refractivity contribution in [1.29, 1.82) is 0 Å². The molecule has 2 aromatic carbocycles. The third-order valence-corrected chi connectivity index (χ3v) is 3.28. The number of hydrogen-bond acceptors (Lipinski definition) is 4. The second-order valence-corrected chi connectivity index (χ2v) is 5.75. The Morgan fingerprint density at radius 3 is 2.17 bits per heavy atom. The molecular weight excluding hydrogens is 290 g/mol. The Morgan fingerprint density at radius 2 is 1.52 bits per heavy atom. The van der Waals surface area contributed by atoms with Crippen molar-refractivity contribution in [2.24, 2.45) is 0 Å². The second-order valence-electron chi connectivity index (χ2n) is 5.75. The fraction of sp³-hybridized carbons (Fsp3) is 0.368. The molecule has 4 nitrogen and oxygen atoms in total. The molecule has 0 spiro atoms. The first-order valence-corrected chi connectivity index (χ1v) is 7.95. The molecule has 0 heterocycles. The third kappa shape index (κ3) is 6.30. The molecule has 0 aliphatic rings. The summed E-state index contributed by atoms with van der Waals surface area (Å²) in [4.78, 5) is 0. The lowest BCUT2D eigenvalue weighted by Crippen LogP contribution is -2.35. The molecule has 2 N–H and O–H groups in total. The van der Waals surface area contributed by atoms with Crippen LogP contribution in [0.1, 0.15) is 19.4 Å². The average Bonchev–Trinajstić information content (AvgIpc) is 2.58. The van der Waals surface area contributed by atoms with Gasteiger partial charge in [-0.2, -0.15) is 0 Å². The fourth-order valence-corrected chi connectivity index (χ4v) is 2.04. The molecule has 124 valence electrons. The standard InChI is InChI=1S/C19H25NO3/c1-15(2)20-12-17(21)14-23-19-11-7-6-10-18(19)22-13-16-8-4-3-5-9-16/h3-11,15,17,20-21H,12-14H2,1-2H3/t17-/m0/s1. The Balaban J connectivity index is 1.87. The molecular formula is C19H25NO3. The van der Waals surface area contributed by atoms with Gasteiger partial charge in [0.05, 0.1) is 0 Å². The Morgan fingerprint density at radius 1 is 0.913 bits per heavy atom. The SMILES string of the molecule is CC(C)NC[C@H](O)COc1ccccc1OCc1ccccc1. The highest BCUT2D eigenvalue weighted by molar-refractivity contribution is 5.39. The van der Waals surface area contributed by atoms with E-state index in [1.807, 2.05) is 68.4 Å². The van der Waals surface area contributed by atoms with Crippen LogP contribution < -0.4 is 14.8 Å². The summed E-state index contributed by atoms with van der Waals surface area (Å²) in [5, 5.41) is 13.1. The van der Waals surface area contributed by atoms with Crippen molar-refractivity contribution in [1.82, 2.24) is 5.32 Å². The summed E-state index contributed by atoms with van der Waals surface area (Å²) in [6.45, 7) is 5.30. The summed E-state index contributed by atoms with van der Waals surface area (Å²) in [7, 11) is 0. The molecule has 4 heteroatoms. The number of nitrogens with one attached hydrogen (secondary N) is 1. The van der Waals surface area contributed by atoms with Gasteiger partial charge in [-0.15, -0.1) is 0 Å². The van der Waals surface area contributed by atoms with Gasteiger partial charge >= 0.3 is 0 Å². The van der Waals surface area contributed by atoms with E-state index < -0.39 is 6.10 Å². The monoisotopic (exact) mass is 315 g/mol. The first-order chi connectivity index (χ1) is 11.1. The lowest BCUT2D eigenvalue weighted by atomic mass is 10.2. The zero-order chi connectivity index (χ0) is 16.5. The predicted octanol–water partition coefficient (Wildman–Crippen LogP) is 3.00. The Labute approximate surface area is 138 Å².